The number of hydrogen-bond acceptors (Lipinski definition) is 0. The van der Waals surface area contributed by atoms with E-state index in [-0.39, 0.29) is 5.41 Å². The van der Waals surface area contributed by atoms with E-state index >= 15 is 0 Å². The Morgan fingerprint density at radius 2 is 1.67 bits per heavy atom. The summed E-state index contributed by atoms with van der Waals surface area (Å²) in [6.45, 7) is 10.3. The van der Waals surface area contributed by atoms with Crippen molar-refractivity contribution in [1.82, 2.24) is 0 Å². The molecule has 21 heavy (non-hydrogen) atoms. The van der Waals surface area contributed by atoms with Gasteiger partial charge in [0.05, 0.1) is 0 Å². The summed E-state index contributed by atoms with van der Waals surface area (Å²) in [6, 6.07) is 17.4. The summed E-state index contributed by atoms with van der Waals surface area (Å²) in [7, 11) is 0. The summed E-state index contributed by atoms with van der Waals surface area (Å²) in [6.07, 6.45) is 6.66. The van der Waals surface area contributed by atoms with E-state index in [9.17, 15) is 0 Å². The van der Waals surface area contributed by atoms with Crippen LogP contribution in [0.2, 0.25) is 0 Å². The molecule has 2 aromatic rings. The molecule has 0 bridgehead atoms. The normalized spacial score (nSPS) is 17.0. The van der Waals surface area contributed by atoms with Crippen LogP contribution in [-0.2, 0) is 5.41 Å². The van der Waals surface area contributed by atoms with Crippen LogP contribution < -0.4 is 0 Å². The van der Waals surface area contributed by atoms with Crippen LogP contribution in [0.4, 0.5) is 0 Å². The maximum absolute atomic E-state index is 4.09. The number of hydrogen-bond donors (Lipinski definition) is 0. The second-order valence-corrected chi connectivity index (χ2v) is 6.17. The van der Waals surface area contributed by atoms with Crippen LogP contribution in [0.1, 0.15) is 30.9 Å². The van der Waals surface area contributed by atoms with Crippen LogP contribution in [-0.4, -0.2) is 0 Å². The number of benzene rings is 2. The number of rotatable bonds is 5. The van der Waals surface area contributed by atoms with Gasteiger partial charge < -0.3 is 0 Å². The SMILES string of the molecule is C=Cc1cccc(-c2cccc(C(C)(C=C)C3CC3)c2)c1. The summed E-state index contributed by atoms with van der Waals surface area (Å²) in [5, 5.41) is 0. The van der Waals surface area contributed by atoms with Crippen LogP contribution in [0.25, 0.3) is 17.2 Å². The molecule has 0 saturated heterocycles. The quantitative estimate of drug-likeness (QED) is 0.600. The van der Waals surface area contributed by atoms with Gasteiger partial charge in [-0.15, -0.1) is 6.58 Å². The van der Waals surface area contributed by atoms with Crippen LogP contribution >= 0.6 is 0 Å². The van der Waals surface area contributed by atoms with Crippen LogP contribution in [0.3, 0.4) is 0 Å². The third-order valence-corrected chi connectivity index (χ3v) is 4.79. The molecule has 1 aliphatic carbocycles. The molecular weight excluding hydrogens is 252 g/mol. The first-order valence-electron chi connectivity index (χ1n) is 7.64. The van der Waals surface area contributed by atoms with E-state index in [1.54, 1.807) is 0 Å². The Morgan fingerprint density at radius 3 is 2.29 bits per heavy atom. The van der Waals surface area contributed by atoms with E-state index in [2.05, 4.69) is 74.7 Å². The second kappa shape index (κ2) is 5.37. The fourth-order valence-corrected chi connectivity index (χ4v) is 3.08. The third kappa shape index (κ3) is 2.58. The largest absolute Gasteiger partial charge is 0.102 e. The Labute approximate surface area is 127 Å². The van der Waals surface area contributed by atoms with Crippen molar-refractivity contribution >= 4 is 6.08 Å². The van der Waals surface area contributed by atoms with Crippen LogP contribution in [0, 0.1) is 5.92 Å². The molecule has 0 heterocycles. The molecule has 3 rings (SSSR count). The zero-order valence-electron chi connectivity index (χ0n) is 12.7. The average Bonchev–Trinajstić information content (AvgIpc) is 3.39. The fraction of sp³-hybridized carbons (Fsp3) is 0.238. The van der Waals surface area contributed by atoms with Crippen LogP contribution in [0.15, 0.2) is 67.8 Å². The highest BCUT2D eigenvalue weighted by molar-refractivity contribution is 5.68. The van der Waals surface area contributed by atoms with Gasteiger partial charge in [0.2, 0.25) is 0 Å². The molecule has 0 N–H and O–H groups in total. The molecule has 0 aromatic heterocycles. The molecule has 2 aromatic carbocycles. The van der Waals surface area contributed by atoms with Crippen molar-refractivity contribution in [3.05, 3.63) is 78.9 Å². The monoisotopic (exact) mass is 274 g/mol. The van der Waals surface area contributed by atoms with Crippen molar-refractivity contribution in [1.29, 1.82) is 0 Å². The van der Waals surface area contributed by atoms with Crippen molar-refractivity contribution in [3.63, 3.8) is 0 Å². The Balaban J connectivity index is 2.03. The lowest BCUT2D eigenvalue weighted by Crippen LogP contribution is -2.21. The Kier molecular flexibility index (Phi) is 3.55. The first-order valence-corrected chi connectivity index (χ1v) is 7.64. The molecule has 1 fully saturated rings. The lowest BCUT2D eigenvalue weighted by Gasteiger charge is -2.27. The first-order chi connectivity index (χ1) is 10.2. The molecule has 1 atom stereocenters. The van der Waals surface area contributed by atoms with Gasteiger partial charge >= 0.3 is 0 Å². The van der Waals surface area contributed by atoms with Gasteiger partial charge in [-0.1, -0.05) is 68.1 Å². The van der Waals surface area contributed by atoms with Crippen molar-refractivity contribution in [2.24, 2.45) is 5.92 Å². The smallest absolute Gasteiger partial charge is 0.0129 e. The standard InChI is InChI=1S/C21H22/c1-4-16-8-6-9-17(14-16)18-10-7-11-20(15-18)21(3,5-2)19-12-13-19/h4-11,14-15,19H,1-2,12-13H2,3H3. The summed E-state index contributed by atoms with van der Waals surface area (Å²) in [5.41, 5.74) is 5.15. The minimum atomic E-state index is 0.103. The average molecular weight is 274 g/mol. The van der Waals surface area contributed by atoms with E-state index in [4.69, 9.17) is 0 Å². The van der Waals surface area contributed by atoms with E-state index in [1.807, 2.05) is 6.08 Å². The summed E-state index contributed by atoms with van der Waals surface area (Å²) >= 11 is 0. The highest BCUT2D eigenvalue weighted by atomic mass is 14.4. The number of allylic oxidation sites excluding steroid dienone is 1. The predicted octanol–water partition coefficient (Wildman–Crippen LogP) is 5.85. The maximum Gasteiger partial charge on any atom is 0.0129 e. The molecule has 0 nitrogen and oxygen atoms in total. The molecule has 106 valence electrons. The molecule has 0 heteroatoms. The lowest BCUT2D eigenvalue weighted by atomic mass is 9.77. The molecule has 1 unspecified atom stereocenters. The maximum atomic E-state index is 4.09. The highest BCUT2D eigenvalue weighted by Gasteiger charge is 2.40. The van der Waals surface area contributed by atoms with Gasteiger partial charge in [-0.3, -0.25) is 0 Å². The molecule has 1 aliphatic rings. The Bertz CT molecular complexity index is 676. The van der Waals surface area contributed by atoms with Gasteiger partial charge in [0, 0.05) is 5.41 Å². The second-order valence-electron chi connectivity index (χ2n) is 6.17. The molecule has 0 spiro atoms. The summed E-state index contributed by atoms with van der Waals surface area (Å²) in [4.78, 5) is 0. The zero-order chi connectivity index (χ0) is 14.9. The van der Waals surface area contributed by atoms with Crippen molar-refractivity contribution in [2.75, 3.05) is 0 Å². The van der Waals surface area contributed by atoms with E-state index in [0.717, 1.165) is 11.5 Å². The van der Waals surface area contributed by atoms with E-state index in [1.165, 1.54) is 29.5 Å². The van der Waals surface area contributed by atoms with Gasteiger partial charge in [0.15, 0.2) is 0 Å². The van der Waals surface area contributed by atoms with Gasteiger partial charge in [-0.05, 0) is 47.1 Å². The minimum absolute atomic E-state index is 0.103. The fourth-order valence-electron chi connectivity index (χ4n) is 3.08. The lowest BCUT2D eigenvalue weighted by molar-refractivity contribution is 0.516. The van der Waals surface area contributed by atoms with Crippen molar-refractivity contribution < 1.29 is 0 Å². The Morgan fingerprint density at radius 1 is 1.00 bits per heavy atom. The van der Waals surface area contributed by atoms with Gasteiger partial charge in [-0.25, -0.2) is 0 Å². The molecule has 0 radical (unpaired) electrons. The van der Waals surface area contributed by atoms with Gasteiger partial charge in [-0.2, -0.15) is 0 Å². The Hall–Kier alpha value is -2.08. The molecule has 0 aliphatic heterocycles. The van der Waals surface area contributed by atoms with Crippen molar-refractivity contribution in [2.45, 2.75) is 25.2 Å². The topological polar surface area (TPSA) is 0 Å². The molecule has 1 saturated carbocycles. The predicted molar refractivity (Wildman–Crippen MR) is 92.2 cm³/mol. The van der Waals surface area contributed by atoms with Gasteiger partial charge in [0.1, 0.15) is 0 Å². The van der Waals surface area contributed by atoms with E-state index < -0.39 is 0 Å². The minimum Gasteiger partial charge on any atom is -0.102 e. The van der Waals surface area contributed by atoms with Crippen molar-refractivity contribution in [3.8, 4) is 11.1 Å². The van der Waals surface area contributed by atoms with Crippen LogP contribution in [0.5, 0.6) is 0 Å². The summed E-state index contributed by atoms with van der Waals surface area (Å²) in [5.74, 6) is 0.754. The molecular formula is C21H22. The molecule has 0 amide bonds. The van der Waals surface area contributed by atoms with Gasteiger partial charge in [0.25, 0.3) is 0 Å². The third-order valence-electron chi connectivity index (χ3n) is 4.79. The summed E-state index contributed by atoms with van der Waals surface area (Å²) < 4.78 is 0. The van der Waals surface area contributed by atoms with E-state index in [0.29, 0.717) is 0 Å². The highest BCUT2D eigenvalue weighted by Crippen LogP contribution is 2.48. The first kappa shape index (κ1) is 13.9. The zero-order valence-corrected chi connectivity index (χ0v) is 12.7.